The molecule has 0 saturated heterocycles. The Hall–Kier alpha value is -4.78. The van der Waals surface area contributed by atoms with Crippen LogP contribution in [0.2, 0.25) is 0 Å². The average molecular weight is 591 g/mol. The molecule has 2 aliphatic rings. The standard InChI is InChI=1S/C30H29F3N8O2/c31-30(32,33)20-10-12-36-23(14-20)39-29(43)18-6-4-17(5-7-18)25-26-27(34)37-15-22-3-1-2-11-35-16-24(42)38-21-9-8-19(13-21)28(40-25)41(22)26/h1,3-7,10,12,14-15,19,21,35H,2,8-9,11,13,16H2,(H2,34,37)(H,38,42)(H,36,39,43)/b3-1+/t19-,21-/m1/s1. The lowest BCUT2D eigenvalue weighted by molar-refractivity contribution is -0.137. The molecule has 1 fully saturated rings. The van der Waals surface area contributed by atoms with Crippen molar-refractivity contribution in [3.05, 3.63) is 77.5 Å². The predicted molar refractivity (Wildman–Crippen MR) is 155 cm³/mol. The SMILES string of the molecule is Nc1ncc2n3c(nc(-c4ccc(C(=O)Nc5cc(C(F)(F)F)ccn5)cc4)c13)[C@@H]1CC[C@H](C1)NC(=O)CNCC/C=C/2. The zero-order valence-corrected chi connectivity index (χ0v) is 23.0. The van der Waals surface area contributed by atoms with Crippen LogP contribution in [0.25, 0.3) is 22.9 Å². The number of hydrogen-bond donors (Lipinski definition) is 4. The Bertz CT molecular complexity index is 1720. The number of imidazole rings is 1. The van der Waals surface area contributed by atoms with E-state index < -0.39 is 17.6 Å². The Morgan fingerprint density at radius 2 is 1.93 bits per heavy atom. The van der Waals surface area contributed by atoms with E-state index in [0.717, 1.165) is 49.1 Å². The van der Waals surface area contributed by atoms with Crippen LogP contribution < -0.4 is 21.7 Å². The smallest absolute Gasteiger partial charge is 0.382 e. The summed E-state index contributed by atoms with van der Waals surface area (Å²) in [5.74, 6) is 0.361. The molecule has 222 valence electrons. The summed E-state index contributed by atoms with van der Waals surface area (Å²) in [6.45, 7) is 0.917. The molecule has 5 N–H and O–H groups in total. The van der Waals surface area contributed by atoms with Crippen molar-refractivity contribution >= 4 is 35.0 Å². The molecule has 1 saturated carbocycles. The van der Waals surface area contributed by atoms with Crippen LogP contribution in [0.15, 0.2) is 54.9 Å². The molecule has 4 aromatic rings. The number of halogens is 3. The quantitative estimate of drug-likeness (QED) is 0.277. The number of nitrogens with zero attached hydrogens (tertiary/aromatic N) is 4. The minimum absolute atomic E-state index is 0.0255. The largest absolute Gasteiger partial charge is 0.416 e. The molecular weight excluding hydrogens is 561 g/mol. The number of carbonyl (C=O) groups excluding carboxylic acids is 2. The number of rotatable bonds is 3. The molecule has 4 heterocycles. The molecule has 2 bridgehead atoms. The first-order valence-electron chi connectivity index (χ1n) is 14.0. The number of hydrogen-bond acceptors (Lipinski definition) is 7. The predicted octanol–water partition coefficient (Wildman–Crippen LogP) is 4.40. The molecule has 1 aliphatic carbocycles. The van der Waals surface area contributed by atoms with E-state index in [1.165, 1.54) is 0 Å². The van der Waals surface area contributed by atoms with Crippen LogP contribution in [0.1, 0.15) is 59.0 Å². The highest BCUT2D eigenvalue weighted by atomic mass is 19.4. The van der Waals surface area contributed by atoms with Crippen molar-refractivity contribution in [1.29, 1.82) is 0 Å². The van der Waals surface area contributed by atoms with E-state index in [1.807, 2.05) is 16.6 Å². The van der Waals surface area contributed by atoms with Gasteiger partial charge in [-0.2, -0.15) is 13.2 Å². The summed E-state index contributed by atoms with van der Waals surface area (Å²) in [7, 11) is 0. The molecule has 1 aromatic carbocycles. The third-order valence-corrected chi connectivity index (χ3v) is 7.71. The number of amides is 2. The third kappa shape index (κ3) is 5.93. The summed E-state index contributed by atoms with van der Waals surface area (Å²) in [6, 6.07) is 8.24. The lowest BCUT2D eigenvalue weighted by atomic mass is 10.1. The molecule has 6 rings (SSSR count). The second-order valence-electron chi connectivity index (χ2n) is 10.7. The Morgan fingerprint density at radius 3 is 2.72 bits per heavy atom. The van der Waals surface area contributed by atoms with Gasteiger partial charge < -0.3 is 21.7 Å². The average Bonchev–Trinajstić information content (AvgIpc) is 3.61. The second kappa shape index (κ2) is 11.5. The summed E-state index contributed by atoms with van der Waals surface area (Å²) in [5, 5.41) is 8.71. The van der Waals surface area contributed by atoms with Crippen molar-refractivity contribution in [2.24, 2.45) is 0 Å². The van der Waals surface area contributed by atoms with Crippen molar-refractivity contribution < 1.29 is 22.8 Å². The van der Waals surface area contributed by atoms with E-state index in [1.54, 1.807) is 30.5 Å². The Kier molecular flexibility index (Phi) is 7.57. The van der Waals surface area contributed by atoms with Gasteiger partial charge in [0, 0.05) is 29.3 Å². The highest BCUT2D eigenvalue weighted by molar-refractivity contribution is 6.04. The first-order chi connectivity index (χ1) is 20.7. The van der Waals surface area contributed by atoms with Crippen LogP contribution in [0.5, 0.6) is 0 Å². The monoisotopic (exact) mass is 590 g/mol. The number of aromatic nitrogens is 4. The van der Waals surface area contributed by atoms with Gasteiger partial charge >= 0.3 is 6.18 Å². The Labute approximate surface area is 244 Å². The van der Waals surface area contributed by atoms with Crippen molar-refractivity contribution in [3.63, 3.8) is 0 Å². The van der Waals surface area contributed by atoms with E-state index in [0.29, 0.717) is 35.6 Å². The van der Waals surface area contributed by atoms with E-state index in [-0.39, 0.29) is 35.8 Å². The van der Waals surface area contributed by atoms with E-state index in [9.17, 15) is 22.8 Å². The van der Waals surface area contributed by atoms with Crippen LogP contribution in [-0.4, -0.2) is 50.3 Å². The fourth-order valence-corrected chi connectivity index (χ4v) is 5.64. The molecule has 0 radical (unpaired) electrons. The van der Waals surface area contributed by atoms with Gasteiger partial charge in [-0.15, -0.1) is 0 Å². The highest BCUT2D eigenvalue weighted by Crippen LogP contribution is 2.39. The molecule has 3 aromatic heterocycles. The maximum atomic E-state index is 13.1. The van der Waals surface area contributed by atoms with Gasteiger partial charge in [0.05, 0.1) is 24.0 Å². The minimum atomic E-state index is -4.55. The highest BCUT2D eigenvalue weighted by Gasteiger charge is 2.33. The summed E-state index contributed by atoms with van der Waals surface area (Å²) in [6.07, 6.45) is 5.26. The maximum absolute atomic E-state index is 13.1. The molecule has 43 heavy (non-hydrogen) atoms. The lowest BCUT2D eigenvalue weighted by Crippen LogP contribution is -2.39. The van der Waals surface area contributed by atoms with Crippen molar-refractivity contribution in [2.75, 3.05) is 24.1 Å². The number of nitrogens with one attached hydrogen (secondary N) is 3. The summed E-state index contributed by atoms with van der Waals surface area (Å²) in [4.78, 5) is 38.5. The number of alkyl halides is 3. The van der Waals surface area contributed by atoms with Gasteiger partial charge in [-0.25, -0.2) is 15.0 Å². The van der Waals surface area contributed by atoms with Crippen LogP contribution in [0.4, 0.5) is 24.8 Å². The molecule has 10 nitrogen and oxygen atoms in total. The van der Waals surface area contributed by atoms with E-state index in [4.69, 9.17) is 10.7 Å². The zero-order chi connectivity index (χ0) is 30.1. The summed E-state index contributed by atoms with van der Waals surface area (Å²) >= 11 is 0. The molecular formula is C30H29F3N8O2. The van der Waals surface area contributed by atoms with E-state index in [2.05, 4.69) is 25.9 Å². The fourth-order valence-electron chi connectivity index (χ4n) is 5.64. The minimum Gasteiger partial charge on any atom is -0.382 e. The first-order valence-corrected chi connectivity index (χ1v) is 14.0. The third-order valence-electron chi connectivity index (χ3n) is 7.71. The number of fused-ring (bicyclic) bond motifs is 3. The number of anilines is 2. The van der Waals surface area contributed by atoms with Gasteiger partial charge in [-0.3, -0.25) is 14.0 Å². The van der Waals surface area contributed by atoms with Gasteiger partial charge in [0.15, 0.2) is 0 Å². The number of benzene rings is 1. The van der Waals surface area contributed by atoms with Crippen molar-refractivity contribution in [1.82, 2.24) is 30.0 Å². The fraction of sp³-hybridized carbons (Fsp3) is 0.300. The van der Waals surface area contributed by atoms with E-state index >= 15 is 0 Å². The van der Waals surface area contributed by atoms with Gasteiger partial charge in [0.2, 0.25) is 5.91 Å². The van der Waals surface area contributed by atoms with Crippen LogP contribution >= 0.6 is 0 Å². The number of carbonyl (C=O) groups is 2. The summed E-state index contributed by atoms with van der Waals surface area (Å²) < 4.78 is 41.2. The van der Waals surface area contributed by atoms with Crippen molar-refractivity contribution in [3.8, 4) is 11.3 Å². The lowest BCUT2D eigenvalue weighted by Gasteiger charge is -2.15. The van der Waals surface area contributed by atoms with Gasteiger partial charge in [0.25, 0.3) is 5.91 Å². The molecule has 13 heteroatoms. The molecule has 2 amide bonds. The van der Waals surface area contributed by atoms with Crippen LogP contribution in [-0.2, 0) is 11.0 Å². The zero-order valence-electron chi connectivity index (χ0n) is 23.0. The van der Waals surface area contributed by atoms with Gasteiger partial charge in [0.1, 0.15) is 28.7 Å². The number of pyridine rings is 1. The van der Waals surface area contributed by atoms with Crippen LogP contribution in [0.3, 0.4) is 0 Å². The van der Waals surface area contributed by atoms with Gasteiger partial charge in [-0.05, 0) is 62.6 Å². The van der Waals surface area contributed by atoms with Gasteiger partial charge in [-0.1, -0.05) is 18.2 Å². The topological polar surface area (TPSA) is 139 Å². The first kappa shape index (κ1) is 28.3. The molecule has 1 aliphatic heterocycles. The van der Waals surface area contributed by atoms with Crippen LogP contribution in [0, 0.1) is 0 Å². The number of nitrogen functional groups attached to an aromatic ring is 1. The Balaban J connectivity index is 1.34. The maximum Gasteiger partial charge on any atom is 0.416 e. The molecule has 2 atom stereocenters. The summed E-state index contributed by atoms with van der Waals surface area (Å²) in [5.41, 5.74) is 8.50. The second-order valence-corrected chi connectivity index (χ2v) is 10.7. The van der Waals surface area contributed by atoms with Crippen molar-refractivity contribution in [2.45, 2.75) is 43.8 Å². The normalized spacial score (nSPS) is 19.9. The number of nitrogens with two attached hydrogens (primary N) is 1. The molecule has 0 unspecified atom stereocenters. The molecule has 0 spiro atoms. The Morgan fingerprint density at radius 1 is 1.12 bits per heavy atom.